The Hall–Kier alpha value is -2.01. The van der Waals surface area contributed by atoms with E-state index in [-0.39, 0.29) is 17.5 Å². The second-order valence-electron chi connectivity index (χ2n) is 4.94. The Morgan fingerprint density at radius 3 is 2.55 bits per heavy atom. The van der Waals surface area contributed by atoms with Crippen LogP contribution in [-0.4, -0.2) is 20.0 Å². The van der Waals surface area contributed by atoms with Crippen molar-refractivity contribution in [3.8, 4) is 11.5 Å². The standard InChI is InChI=1S/C15H21N3O2/c1-4-12-11(9-18(3)17-12)8-16-10(2)15-13(19)6-5-7-14(15)20/h5-7,9-10,16,19-20H,4,8H2,1-3H3. The van der Waals surface area contributed by atoms with Crippen molar-refractivity contribution in [1.29, 1.82) is 0 Å². The van der Waals surface area contributed by atoms with Crippen molar-refractivity contribution in [2.45, 2.75) is 32.9 Å². The number of rotatable bonds is 5. The monoisotopic (exact) mass is 275 g/mol. The molecule has 2 aromatic rings. The van der Waals surface area contributed by atoms with Gasteiger partial charge < -0.3 is 15.5 Å². The van der Waals surface area contributed by atoms with Gasteiger partial charge in [-0.15, -0.1) is 0 Å². The minimum Gasteiger partial charge on any atom is -0.507 e. The first kappa shape index (κ1) is 14.4. The molecule has 1 aromatic carbocycles. The fourth-order valence-corrected chi connectivity index (χ4v) is 2.38. The van der Waals surface area contributed by atoms with Gasteiger partial charge >= 0.3 is 0 Å². The van der Waals surface area contributed by atoms with Gasteiger partial charge in [-0.2, -0.15) is 5.10 Å². The van der Waals surface area contributed by atoms with Gasteiger partial charge in [-0.1, -0.05) is 13.0 Å². The van der Waals surface area contributed by atoms with E-state index in [1.807, 2.05) is 20.2 Å². The number of aryl methyl sites for hydroxylation is 2. The number of hydrogen-bond acceptors (Lipinski definition) is 4. The molecule has 0 aliphatic heterocycles. The predicted molar refractivity (Wildman–Crippen MR) is 77.6 cm³/mol. The van der Waals surface area contributed by atoms with Crippen LogP contribution in [-0.2, 0) is 20.0 Å². The van der Waals surface area contributed by atoms with Crippen LogP contribution in [0.25, 0.3) is 0 Å². The number of aromatic hydroxyl groups is 2. The van der Waals surface area contributed by atoms with Gasteiger partial charge in [-0.25, -0.2) is 0 Å². The van der Waals surface area contributed by atoms with Gasteiger partial charge in [0, 0.05) is 31.4 Å². The number of hydrogen-bond donors (Lipinski definition) is 3. The number of phenolic OH excluding ortho intramolecular Hbond substituents is 2. The minimum absolute atomic E-state index is 0.104. The summed E-state index contributed by atoms with van der Waals surface area (Å²) in [6, 6.07) is 4.63. The second-order valence-corrected chi connectivity index (χ2v) is 4.94. The smallest absolute Gasteiger partial charge is 0.124 e. The van der Waals surface area contributed by atoms with E-state index in [9.17, 15) is 10.2 Å². The van der Waals surface area contributed by atoms with Gasteiger partial charge in [0.05, 0.1) is 11.3 Å². The highest BCUT2D eigenvalue weighted by atomic mass is 16.3. The number of phenols is 2. The van der Waals surface area contributed by atoms with E-state index in [0.29, 0.717) is 12.1 Å². The highest BCUT2D eigenvalue weighted by Crippen LogP contribution is 2.32. The Balaban J connectivity index is 2.10. The largest absolute Gasteiger partial charge is 0.507 e. The molecule has 1 heterocycles. The van der Waals surface area contributed by atoms with Crippen molar-refractivity contribution in [3.05, 3.63) is 41.2 Å². The van der Waals surface area contributed by atoms with E-state index in [4.69, 9.17) is 0 Å². The zero-order valence-electron chi connectivity index (χ0n) is 12.1. The third-order valence-corrected chi connectivity index (χ3v) is 3.42. The second kappa shape index (κ2) is 5.96. The van der Waals surface area contributed by atoms with Crippen LogP contribution in [0.2, 0.25) is 0 Å². The number of nitrogens with zero attached hydrogens (tertiary/aromatic N) is 2. The summed E-state index contributed by atoms with van der Waals surface area (Å²) in [6.45, 7) is 4.63. The van der Waals surface area contributed by atoms with Crippen molar-refractivity contribution < 1.29 is 10.2 Å². The van der Waals surface area contributed by atoms with Crippen molar-refractivity contribution in [2.24, 2.45) is 7.05 Å². The van der Waals surface area contributed by atoms with Crippen molar-refractivity contribution in [2.75, 3.05) is 0 Å². The average Bonchev–Trinajstić information content (AvgIpc) is 2.76. The summed E-state index contributed by atoms with van der Waals surface area (Å²) in [7, 11) is 1.90. The molecule has 20 heavy (non-hydrogen) atoms. The lowest BCUT2D eigenvalue weighted by atomic mass is 10.1. The lowest BCUT2D eigenvalue weighted by Crippen LogP contribution is -2.18. The molecule has 2 rings (SSSR count). The Bertz CT molecular complexity index is 573. The summed E-state index contributed by atoms with van der Waals surface area (Å²) >= 11 is 0. The third kappa shape index (κ3) is 2.93. The average molecular weight is 275 g/mol. The Labute approximate surface area is 118 Å². The molecule has 0 aliphatic rings. The number of aromatic nitrogens is 2. The first-order valence-corrected chi connectivity index (χ1v) is 6.78. The van der Waals surface area contributed by atoms with Gasteiger partial charge in [-0.3, -0.25) is 4.68 Å². The fraction of sp³-hybridized carbons (Fsp3) is 0.400. The molecule has 0 spiro atoms. The Morgan fingerprint density at radius 1 is 1.30 bits per heavy atom. The van der Waals surface area contributed by atoms with Crippen molar-refractivity contribution >= 4 is 0 Å². The molecule has 0 fully saturated rings. The molecule has 0 radical (unpaired) electrons. The Morgan fingerprint density at radius 2 is 1.95 bits per heavy atom. The lowest BCUT2D eigenvalue weighted by Gasteiger charge is -2.16. The molecular formula is C15H21N3O2. The van der Waals surface area contributed by atoms with E-state index in [1.165, 1.54) is 0 Å². The van der Waals surface area contributed by atoms with Gasteiger partial charge in [0.25, 0.3) is 0 Å². The molecule has 0 saturated heterocycles. The summed E-state index contributed by atoms with van der Waals surface area (Å²) in [4.78, 5) is 0. The summed E-state index contributed by atoms with van der Waals surface area (Å²) in [6.07, 6.45) is 2.87. The molecule has 1 aromatic heterocycles. The quantitative estimate of drug-likeness (QED) is 0.782. The molecule has 1 atom stereocenters. The maximum Gasteiger partial charge on any atom is 0.124 e. The Kier molecular flexibility index (Phi) is 4.29. The van der Waals surface area contributed by atoms with Crippen molar-refractivity contribution in [3.63, 3.8) is 0 Å². The van der Waals surface area contributed by atoms with Crippen LogP contribution in [0.15, 0.2) is 24.4 Å². The maximum absolute atomic E-state index is 9.85. The maximum atomic E-state index is 9.85. The third-order valence-electron chi connectivity index (χ3n) is 3.42. The summed E-state index contributed by atoms with van der Waals surface area (Å²) in [5.41, 5.74) is 2.72. The first-order chi connectivity index (χ1) is 9.52. The molecule has 1 unspecified atom stereocenters. The first-order valence-electron chi connectivity index (χ1n) is 6.78. The van der Waals surface area contributed by atoms with Gasteiger partial charge in [-0.05, 0) is 25.5 Å². The lowest BCUT2D eigenvalue weighted by molar-refractivity contribution is 0.418. The van der Waals surface area contributed by atoms with Gasteiger partial charge in [0.15, 0.2) is 0 Å². The molecule has 0 bridgehead atoms. The van der Waals surface area contributed by atoms with E-state index in [0.717, 1.165) is 17.7 Å². The molecule has 0 amide bonds. The summed E-state index contributed by atoms with van der Waals surface area (Å²) in [5, 5.41) is 27.4. The number of benzene rings is 1. The molecule has 5 heteroatoms. The van der Waals surface area contributed by atoms with Crippen LogP contribution in [0.4, 0.5) is 0 Å². The fourth-order valence-electron chi connectivity index (χ4n) is 2.38. The predicted octanol–water partition coefficient (Wildman–Crippen LogP) is 2.24. The SMILES string of the molecule is CCc1nn(C)cc1CNC(C)c1c(O)cccc1O. The molecule has 108 valence electrons. The van der Waals surface area contributed by atoms with Crippen molar-refractivity contribution in [1.82, 2.24) is 15.1 Å². The van der Waals surface area contributed by atoms with E-state index in [1.54, 1.807) is 22.9 Å². The topological polar surface area (TPSA) is 70.3 Å². The zero-order chi connectivity index (χ0) is 14.7. The van der Waals surface area contributed by atoms with E-state index >= 15 is 0 Å². The van der Waals surface area contributed by atoms with Gasteiger partial charge in [0.1, 0.15) is 11.5 Å². The molecule has 0 saturated carbocycles. The van der Waals surface area contributed by atoms with Crippen LogP contribution in [0.5, 0.6) is 11.5 Å². The van der Waals surface area contributed by atoms with E-state index < -0.39 is 0 Å². The van der Waals surface area contributed by atoms with Crippen LogP contribution < -0.4 is 5.32 Å². The van der Waals surface area contributed by atoms with E-state index in [2.05, 4.69) is 17.3 Å². The normalized spacial score (nSPS) is 12.6. The van der Waals surface area contributed by atoms with Crippen LogP contribution >= 0.6 is 0 Å². The summed E-state index contributed by atoms with van der Waals surface area (Å²) < 4.78 is 1.80. The number of nitrogens with one attached hydrogen (secondary N) is 1. The molecule has 5 nitrogen and oxygen atoms in total. The molecule has 3 N–H and O–H groups in total. The van der Waals surface area contributed by atoms with Gasteiger partial charge in [0.2, 0.25) is 0 Å². The van der Waals surface area contributed by atoms with Crippen LogP contribution in [0, 0.1) is 0 Å². The summed E-state index contributed by atoms with van der Waals surface area (Å²) in [5.74, 6) is 0.207. The van der Waals surface area contributed by atoms with Crippen LogP contribution in [0.1, 0.15) is 36.7 Å². The van der Waals surface area contributed by atoms with Crippen LogP contribution in [0.3, 0.4) is 0 Å². The molecule has 0 aliphatic carbocycles. The highest BCUT2D eigenvalue weighted by Gasteiger charge is 2.15. The molecular weight excluding hydrogens is 254 g/mol. The minimum atomic E-state index is -0.152. The zero-order valence-corrected chi connectivity index (χ0v) is 12.1. The highest BCUT2D eigenvalue weighted by molar-refractivity contribution is 5.44.